The van der Waals surface area contributed by atoms with Crippen LogP contribution in [0, 0.1) is 0 Å². The summed E-state index contributed by atoms with van der Waals surface area (Å²) in [6.45, 7) is 9.57. The molecule has 1 saturated heterocycles. The number of rotatable bonds is 7. The second-order valence-electron chi connectivity index (χ2n) is 7.77. The van der Waals surface area contributed by atoms with Gasteiger partial charge in [-0.2, -0.15) is 0 Å². The van der Waals surface area contributed by atoms with E-state index in [1.54, 1.807) is 0 Å². The van der Waals surface area contributed by atoms with E-state index >= 15 is 0 Å². The third-order valence-corrected chi connectivity index (χ3v) is 5.97. The summed E-state index contributed by atoms with van der Waals surface area (Å²) in [5.74, 6) is 1.38. The molecule has 168 valence electrons. The third kappa shape index (κ3) is 5.47. The van der Waals surface area contributed by atoms with Crippen LogP contribution in [0.25, 0.3) is 10.9 Å². The number of ether oxygens (including phenoxy) is 3. The Morgan fingerprint density at radius 2 is 1.90 bits per heavy atom. The van der Waals surface area contributed by atoms with Crippen molar-refractivity contribution in [3.8, 4) is 11.5 Å². The molecule has 31 heavy (non-hydrogen) atoms. The molecule has 9 heteroatoms. The van der Waals surface area contributed by atoms with E-state index in [4.69, 9.17) is 26.4 Å². The van der Waals surface area contributed by atoms with Gasteiger partial charge in [-0.05, 0) is 37.7 Å². The lowest BCUT2D eigenvalue weighted by atomic mass is 10.1. The van der Waals surface area contributed by atoms with Crippen molar-refractivity contribution in [3.63, 3.8) is 0 Å². The van der Waals surface area contributed by atoms with Gasteiger partial charge in [-0.1, -0.05) is 0 Å². The Morgan fingerprint density at radius 3 is 2.65 bits per heavy atom. The van der Waals surface area contributed by atoms with Crippen LogP contribution in [-0.4, -0.2) is 79.0 Å². The Labute approximate surface area is 187 Å². The number of aromatic amines is 1. The quantitative estimate of drug-likeness (QED) is 0.623. The van der Waals surface area contributed by atoms with Crippen molar-refractivity contribution in [2.75, 3.05) is 59.2 Å². The number of hydrogen-bond donors (Lipinski definition) is 2. The third-order valence-electron chi connectivity index (χ3n) is 5.57. The zero-order valence-electron chi connectivity index (χ0n) is 17.9. The van der Waals surface area contributed by atoms with E-state index in [9.17, 15) is 4.79 Å². The Hall–Kier alpha value is -2.36. The van der Waals surface area contributed by atoms with Gasteiger partial charge in [-0.15, -0.1) is 0 Å². The second-order valence-corrected chi connectivity index (χ2v) is 8.16. The van der Waals surface area contributed by atoms with Crippen LogP contribution >= 0.6 is 12.2 Å². The second kappa shape index (κ2) is 10.3. The van der Waals surface area contributed by atoms with Crippen molar-refractivity contribution >= 4 is 28.2 Å². The Kier molecular flexibility index (Phi) is 7.26. The molecule has 3 heterocycles. The van der Waals surface area contributed by atoms with Gasteiger partial charge in [0.1, 0.15) is 13.2 Å². The molecule has 1 aromatic heterocycles. The van der Waals surface area contributed by atoms with Crippen molar-refractivity contribution in [1.82, 2.24) is 20.1 Å². The molecular formula is C22H30N4O4S. The summed E-state index contributed by atoms with van der Waals surface area (Å²) in [5.41, 5.74) is 1.31. The van der Waals surface area contributed by atoms with E-state index in [1.807, 2.05) is 25.1 Å². The van der Waals surface area contributed by atoms with Crippen LogP contribution in [0.4, 0.5) is 0 Å². The average Bonchev–Trinajstić information content (AvgIpc) is 2.78. The molecule has 8 nitrogen and oxygen atoms in total. The van der Waals surface area contributed by atoms with Crippen LogP contribution < -0.4 is 20.3 Å². The number of H-pyrrole nitrogens is 1. The lowest BCUT2D eigenvalue weighted by molar-refractivity contribution is 0.0367. The zero-order valence-corrected chi connectivity index (χ0v) is 18.8. The molecule has 0 amide bonds. The monoisotopic (exact) mass is 446 g/mol. The average molecular weight is 447 g/mol. The van der Waals surface area contributed by atoms with E-state index in [2.05, 4.69) is 20.1 Å². The number of thiocarbonyl (C=S) groups is 1. The van der Waals surface area contributed by atoms with E-state index in [0.717, 1.165) is 63.3 Å². The molecule has 2 N–H and O–H groups in total. The van der Waals surface area contributed by atoms with Crippen molar-refractivity contribution in [2.24, 2.45) is 0 Å². The molecule has 2 aliphatic heterocycles. The fourth-order valence-corrected chi connectivity index (χ4v) is 4.24. The van der Waals surface area contributed by atoms with E-state index in [1.165, 1.54) is 0 Å². The summed E-state index contributed by atoms with van der Waals surface area (Å²) < 4.78 is 16.7. The topological polar surface area (TPSA) is 79.1 Å². The number of aromatic nitrogens is 1. The smallest absolute Gasteiger partial charge is 0.253 e. The number of nitrogens with one attached hydrogen (secondary N) is 2. The molecule has 1 aromatic carbocycles. The van der Waals surface area contributed by atoms with Crippen LogP contribution in [0.5, 0.6) is 11.5 Å². The van der Waals surface area contributed by atoms with Gasteiger partial charge >= 0.3 is 0 Å². The summed E-state index contributed by atoms with van der Waals surface area (Å²) in [6.07, 6.45) is 0.968. The molecule has 0 atom stereocenters. The molecule has 0 bridgehead atoms. The fourth-order valence-electron chi connectivity index (χ4n) is 3.94. The minimum atomic E-state index is -0.110. The highest BCUT2D eigenvalue weighted by atomic mass is 32.1. The van der Waals surface area contributed by atoms with Crippen LogP contribution in [0.3, 0.4) is 0 Å². The summed E-state index contributed by atoms with van der Waals surface area (Å²) in [5, 5.41) is 4.82. The molecule has 0 radical (unpaired) electrons. The molecule has 0 saturated carbocycles. The SMILES string of the molecule is CCNC(=S)N(CCCN1CCOCC1)Cc1cc2cc3c(cc2[nH]c1=O)OCCO3. The number of pyridine rings is 1. The molecule has 0 unspecified atom stereocenters. The lowest BCUT2D eigenvalue weighted by Crippen LogP contribution is -2.42. The van der Waals surface area contributed by atoms with Gasteiger partial charge in [0.05, 0.1) is 25.3 Å². The maximum atomic E-state index is 12.8. The van der Waals surface area contributed by atoms with E-state index in [-0.39, 0.29) is 5.56 Å². The standard InChI is InChI=1S/C22H30N4O4S/c1-2-23-22(31)26(5-3-4-25-6-8-28-9-7-25)15-17-12-16-13-19-20(30-11-10-29-19)14-18(16)24-21(17)27/h12-14H,2-11,15H2,1H3,(H,23,31)(H,24,27). The molecule has 2 aliphatic rings. The van der Waals surface area contributed by atoms with Crippen molar-refractivity contribution in [3.05, 3.63) is 34.1 Å². The fraction of sp³-hybridized carbons (Fsp3) is 0.545. The van der Waals surface area contributed by atoms with Crippen LogP contribution in [0.15, 0.2) is 23.0 Å². The van der Waals surface area contributed by atoms with Crippen molar-refractivity contribution in [1.29, 1.82) is 0 Å². The van der Waals surface area contributed by atoms with Gasteiger partial charge in [0.2, 0.25) is 0 Å². The first-order chi connectivity index (χ1) is 15.1. The maximum absolute atomic E-state index is 12.8. The largest absolute Gasteiger partial charge is 0.486 e. The van der Waals surface area contributed by atoms with Crippen LogP contribution in [0.1, 0.15) is 18.9 Å². The van der Waals surface area contributed by atoms with Gasteiger partial charge in [0.15, 0.2) is 16.6 Å². The molecule has 0 spiro atoms. The minimum Gasteiger partial charge on any atom is -0.486 e. The highest BCUT2D eigenvalue weighted by Crippen LogP contribution is 2.33. The van der Waals surface area contributed by atoms with E-state index < -0.39 is 0 Å². The summed E-state index contributed by atoms with van der Waals surface area (Å²) in [7, 11) is 0. The number of fused-ring (bicyclic) bond motifs is 2. The first-order valence-corrected chi connectivity index (χ1v) is 11.3. The summed E-state index contributed by atoms with van der Waals surface area (Å²) in [6, 6.07) is 5.68. The van der Waals surface area contributed by atoms with Crippen LogP contribution in [0.2, 0.25) is 0 Å². The first-order valence-electron chi connectivity index (χ1n) is 10.9. The molecule has 2 aromatic rings. The number of nitrogens with zero attached hydrogens (tertiary/aromatic N) is 2. The number of benzene rings is 1. The number of hydrogen-bond acceptors (Lipinski definition) is 6. The summed E-state index contributed by atoms with van der Waals surface area (Å²) in [4.78, 5) is 20.3. The van der Waals surface area contributed by atoms with Gasteiger partial charge in [-0.3, -0.25) is 9.69 Å². The van der Waals surface area contributed by atoms with Gasteiger partial charge in [0, 0.05) is 49.7 Å². The lowest BCUT2D eigenvalue weighted by Gasteiger charge is -2.29. The van der Waals surface area contributed by atoms with Crippen molar-refractivity contribution < 1.29 is 14.2 Å². The molecular weight excluding hydrogens is 416 g/mol. The Morgan fingerprint density at radius 1 is 1.16 bits per heavy atom. The molecule has 4 rings (SSSR count). The number of morpholine rings is 1. The predicted octanol–water partition coefficient (Wildman–Crippen LogP) is 1.72. The van der Waals surface area contributed by atoms with Gasteiger partial charge < -0.3 is 29.4 Å². The van der Waals surface area contributed by atoms with Gasteiger partial charge in [0.25, 0.3) is 5.56 Å². The van der Waals surface area contributed by atoms with Gasteiger partial charge in [-0.25, -0.2) is 0 Å². The minimum absolute atomic E-state index is 0.110. The molecule has 0 aliphatic carbocycles. The summed E-state index contributed by atoms with van der Waals surface area (Å²) >= 11 is 5.60. The van der Waals surface area contributed by atoms with E-state index in [0.29, 0.717) is 41.9 Å². The normalized spacial score (nSPS) is 16.3. The maximum Gasteiger partial charge on any atom is 0.253 e. The zero-order chi connectivity index (χ0) is 21.6. The highest BCUT2D eigenvalue weighted by molar-refractivity contribution is 7.80. The predicted molar refractivity (Wildman–Crippen MR) is 124 cm³/mol. The van der Waals surface area contributed by atoms with Crippen molar-refractivity contribution in [2.45, 2.75) is 19.9 Å². The Bertz CT molecular complexity index is 974. The Balaban J connectivity index is 1.49. The molecule has 1 fully saturated rings. The van der Waals surface area contributed by atoms with Crippen LogP contribution in [-0.2, 0) is 11.3 Å². The highest BCUT2D eigenvalue weighted by Gasteiger charge is 2.17. The first kappa shape index (κ1) is 21.9.